The van der Waals surface area contributed by atoms with Gasteiger partial charge in [0.2, 0.25) is 0 Å². The largest absolute Gasteiger partial charge is 0.405 e. The van der Waals surface area contributed by atoms with Crippen molar-refractivity contribution in [3.05, 3.63) is 199 Å². The maximum Gasteiger partial charge on any atom is 0.138 e. The van der Waals surface area contributed by atoms with Crippen LogP contribution in [0.2, 0.25) is 0 Å². The highest BCUT2D eigenvalue weighted by atomic mass is 15.1. The summed E-state index contributed by atoms with van der Waals surface area (Å²) in [4.78, 5) is 5.20. The molecule has 4 N–H and O–H groups in total. The van der Waals surface area contributed by atoms with Crippen molar-refractivity contribution in [2.24, 2.45) is 5.73 Å². The molecule has 2 aromatic heterocycles. The third-order valence-electron chi connectivity index (χ3n) is 11.1. The summed E-state index contributed by atoms with van der Waals surface area (Å²) < 4.78 is 2.19. The number of nitrogens with two attached hydrogens (primary N) is 2. The SMILES string of the molecule is C/C=C\c1c(N)c2cccc(-c3cccc(-c4c5ccccc5c(-c5cccc(C(/C=C\N)=C/C)c5)c5ccc(C#N)cc45)c3)c2n1-c1cccc(-c2ccccc2)n1. The normalized spacial score (nSPS) is 12.0. The molecule has 0 bridgehead atoms. The van der Waals surface area contributed by atoms with E-state index >= 15 is 0 Å². The fourth-order valence-corrected chi connectivity index (χ4v) is 8.52. The molecule has 9 aromatic rings. The molecule has 0 radical (unpaired) electrons. The number of nitrogens with zero attached hydrogens (tertiary/aromatic N) is 3. The standard InChI is InChI=1S/C54H41N5/c1-3-14-49-53(57)46-24-12-23-42(54(46)59(49)50-26-13-25-48(58-50)37-15-6-5-7-16-37)39-18-11-20-41(33-39)52-44-22-9-8-21-43(44)51(45-28-27-35(34-56)31-47(45)52)40-19-10-17-38(32-40)36(4-2)29-30-55/h3-33H,55,57H2,1-2H3/b14-3-,30-29-,36-4+. The summed E-state index contributed by atoms with van der Waals surface area (Å²) >= 11 is 0. The maximum atomic E-state index is 10.2. The first-order valence-corrected chi connectivity index (χ1v) is 19.8. The molecule has 0 unspecified atom stereocenters. The molecule has 0 atom stereocenters. The Morgan fingerprint density at radius 1 is 0.627 bits per heavy atom. The molecule has 0 saturated heterocycles. The van der Waals surface area contributed by atoms with Crippen LogP contribution in [0.5, 0.6) is 0 Å². The van der Waals surface area contributed by atoms with Crippen LogP contribution in [-0.2, 0) is 0 Å². The van der Waals surface area contributed by atoms with E-state index in [2.05, 4.69) is 138 Å². The molecule has 0 spiro atoms. The van der Waals surface area contributed by atoms with E-state index in [-0.39, 0.29) is 0 Å². The summed E-state index contributed by atoms with van der Waals surface area (Å²) in [6.45, 7) is 4.03. The Morgan fingerprint density at radius 2 is 1.27 bits per heavy atom. The van der Waals surface area contributed by atoms with E-state index in [0.717, 1.165) is 99.7 Å². The fourth-order valence-electron chi connectivity index (χ4n) is 8.52. The smallest absolute Gasteiger partial charge is 0.138 e. The van der Waals surface area contributed by atoms with Crippen molar-refractivity contribution in [3.8, 4) is 56.5 Å². The van der Waals surface area contributed by atoms with Crippen molar-refractivity contribution in [3.63, 3.8) is 0 Å². The van der Waals surface area contributed by atoms with Gasteiger partial charge in [-0.1, -0.05) is 133 Å². The van der Waals surface area contributed by atoms with Crippen molar-refractivity contribution in [1.29, 1.82) is 5.26 Å². The zero-order valence-corrected chi connectivity index (χ0v) is 32.9. The number of pyridine rings is 1. The van der Waals surface area contributed by atoms with Crippen molar-refractivity contribution in [1.82, 2.24) is 9.55 Å². The summed E-state index contributed by atoms with van der Waals surface area (Å²) in [6.07, 6.45) is 9.65. The second-order valence-corrected chi connectivity index (χ2v) is 14.5. The van der Waals surface area contributed by atoms with Crippen molar-refractivity contribution >= 4 is 49.8 Å². The highest BCUT2D eigenvalue weighted by Crippen LogP contribution is 2.46. The zero-order chi connectivity index (χ0) is 40.5. The van der Waals surface area contributed by atoms with Gasteiger partial charge in [0.15, 0.2) is 0 Å². The quantitative estimate of drug-likeness (QED) is 0.119. The molecular weight excluding hydrogens is 719 g/mol. The lowest BCUT2D eigenvalue weighted by Crippen LogP contribution is -2.02. The Morgan fingerprint density at radius 3 is 2.02 bits per heavy atom. The van der Waals surface area contributed by atoms with Crippen molar-refractivity contribution in [2.45, 2.75) is 13.8 Å². The van der Waals surface area contributed by atoms with Gasteiger partial charge >= 0.3 is 0 Å². The van der Waals surface area contributed by atoms with Crippen molar-refractivity contribution in [2.75, 3.05) is 5.73 Å². The van der Waals surface area contributed by atoms with Crippen LogP contribution in [0.15, 0.2) is 182 Å². The predicted molar refractivity (Wildman–Crippen MR) is 249 cm³/mol. The molecule has 0 amide bonds. The van der Waals surface area contributed by atoms with Crippen LogP contribution in [0.3, 0.4) is 0 Å². The molecule has 5 nitrogen and oxygen atoms in total. The summed E-state index contributed by atoms with van der Waals surface area (Å²) in [6, 6.07) is 57.1. The molecule has 282 valence electrons. The molecule has 7 aromatic carbocycles. The number of allylic oxidation sites excluding steroid dienone is 4. The minimum Gasteiger partial charge on any atom is -0.405 e. The van der Waals surface area contributed by atoms with Gasteiger partial charge in [0.25, 0.3) is 0 Å². The minimum absolute atomic E-state index is 0.606. The third kappa shape index (κ3) is 6.43. The van der Waals surface area contributed by atoms with Crippen LogP contribution in [-0.4, -0.2) is 9.55 Å². The van der Waals surface area contributed by atoms with Gasteiger partial charge in [0, 0.05) is 16.5 Å². The van der Waals surface area contributed by atoms with Crippen molar-refractivity contribution < 1.29 is 0 Å². The zero-order valence-electron chi connectivity index (χ0n) is 32.9. The Hall–Kier alpha value is -7.94. The number of hydrogen-bond donors (Lipinski definition) is 2. The molecule has 0 saturated carbocycles. The molecule has 5 heteroatoms. The van der Waals surface area contributed by atoms with E-state index in [0.29, 0.717) is 11.3 Å². The molecule has 0 fully saturated rings. The molecule has 0 aliphatic carbocycles. The first kappa shape index (κ1) is 36.7. The molecule has 0 aliphatic heterocycles. The van der Waals surface area contributed by atoms with E-state index < -0.39 is 0 Å². The first-order chi connectivity index (χ1) is 29.0. The predicted octanol–water partition coefficient (Wildman–Crippen LogP) is 13.4. The fraction of sp³-hybridized carbons (Fsp3) is 0.0370. The van der Waals surface area contributed by atoms with E-state index in [1.54, 1.807) is 6.20 Å². The number of anilines is 1. The van der Waals surface area contributed by atoms with Crippen LogP contribution in [0.25, 0.3) is 94.6 Å². The molecule has 9 rings (SSSR count). The minimum atomic E-state index is 0.606. The van der Waals surface area contributed by atoms with Gasteiger partial charge in [-0.3, -0.25) is 4.57 Å². The van der Waals surface area contributed by atoms with Gasteiger partial charge in [-0.15, -0.1) is 0 Å². The van der Waals surface area contributed by atoms with Gasteiger partial charge in [-0.25, -0.2) is 4.98 Å². The van der Waals surface area contributed by atoms with Crippen LogP contribution >= 0.6 is 0 Å². The number of benzene rings is 7. The monoisotopic (exact) mass is 759 g/mol. The van der Waals surface area contributed by atoms with Crippen LogP contribution < -0.4 is 11.5 Å². The average molecular weight is 760 g/mol. The van der Waals surface area contributed by atoms with Crippen LogP contribution in [0, 0.1) is 11.3 Å². The second-order valence-electron chi connectivity index (χ2n) is 14.5. The lowest BCUT2D eigenvalue weighted by atomic mass is 9.84. The Kier molecular flexibility index (Phi) is 9.66. The molecule has 0 aliphatic rings. The first-order valence-electron chi connectivity index (χ1n) is 19.8. The molecular formula is C54H41N5. The number of aromatic nitrogens is 2. The summed E-state index contributed by atoms with van der Waals surface area (Å²) in [5.74, 6) is 0.783. The van der Waals surface area contributed by atoms with Gasteiger partial charge in [-0.2, -0.15) is 5.26 Å². The summed E-state index contributed by atoms with van der Waals surface area (Å²) in [7, 11) is 0. The summed E-state index contributed by atoms with van der Waals surface area (Å²) in [5, 5.41) is 15.5. The Bertz CT molecular complexity index is 3210. The number of nitriles is 1. The van der Waals surface area contributed by atoms with Gasteiger partial charge in [0.05, 0.1) is 34.2 Å². The molecule has 59 heavy (non-hydrogen) atoms. The highest BCUT2D eigenvalue weighted by Gasteiger charge is 2.22. The van der Waals surface area contributed by atoms with E-state index in [9.17, 15) is 5.26 Å². The van der Waals surface area contributed by atoms with E-state index in [1.165, 1.54) is 0 Å². The average Bonchev–Trinajstić information content (AvgIpc) is 3.58. The number of hydrogen-bond acceptors (Lipinski definition) is 4. The van der Waals surface area contributed by atoms with Crippen LogP contribution in [0.4, 0.5) is 5.69 Å². The lowest BCUT2D eigenvalue weighted by molar-refractivity contribution is 1.03. The summed E-state index contributed by atoms with van der Waals surface area (Å²) in [5.41, 5.74) is 26.5. The Balaban J connectivity index is 1.29. The topological polar surface area (TPSA) is 93.6 Å². The van der Waals surface area contributed by atoms with Gasteiger partial charge in [0.1, 0.15) is 5.82 Å². The maximum absolute atomic E-state index is 10.2. The highest BCUT2D eigenvalue weighted by molar-refractivity contribution is 6.22. The number of nitrogen functional groups attached to an aromatic ring is 1. The number of para-hydroxylation sites is 1. The van der Waals surface area contributed by atoms with Gasteiger partial charge in [-0.05, 0) is 129 Å². The second kappa shape index (κ2) is 15.5. The third-order valence-corrected chi connectivity index (χ3v) is 11.1. The number of rotatable bonds is 8. The van der Waals surface area contributed by atoms with E-state index in [4.69, 9.17) is 16.5 Å². The number of fused-ring (bicyclic) bond motifs is 3. The Labute approximate surface area is 344 Å². The lowest BCUT2D eigenvalue weighted by Gasteiger charge is -2.19. The molecule has 2 heterocycles. The van der Waals surface area contributed by atoms with E-state index in [1.807, 2.05) is 68.5 Å². The van der Waals surface area contributed by atoms with Gasteiger partial charge < -0.3 is 11.5 Å². The van der Waals surface area contributed by atoms with Crippen LogP contribution in [0.1, 0.15) is 30.7 Å².